The number of allylic oxidation sites excluding steroid dienone is 1. The summed E-state index contributed by atoms with van der Waals surface area (Å²) in [4.78, 5) is 15.3. The lowest BCUT2D eigenvalue weighted by Crippen LogP contribution is -2.51. The van der Waals surface area contributed by atoms with Crippen LogP contribution in [0.25, 0.3) is 0 Å². The molecule has 0 radical (unpaired) electrons. The lowest BCUT2D eigenvalue weighted by molar-refractivity contribution is -0.0595. The highest BCUT2D eigenvalue weighted by Gasteiger charge is 2.59. The first-order valence-corrected chi connectivity index (χ1v) is 20.1. The van der Waals surface area contributed by atoms with Crippen LogP contribution < -0.4 is 11.5 Å². The van der Waals surface area contributed by atoms with Gasteiger partial charge in [-0.1, -0.05) is 91.7 Å². The number of amides is 1. The number of hydrogen-bond donors (Lipinski definition) is 2. The Bertz CT molecular complexity index is 965. The first kappa shape index (κ1) is 37.7. The zero-order chi connectivity index (χ0) is 33.3. The van der Waals surface area contributed by atoms with Crippen LogP contribution in [-0.2, 0) is 4.74 Å². The van der Waals surface area contributed by atoms with Crippen LogP contribution in [0, 0.1) is 52.3 Å². The summed E-state index contributed by atoms with van der Waals surface area (Å²) in [5.74, 6) is 5.96. The van der Waals surface area contributed by atoms with Gasteiger partial charge in [0.15, 0.2) is 0 Å². The Balaban J connectivity index is 1.33. The standard InChI is InChI=1S/C41H75N3O2/c1-7-32(30(2)3)16-15-31(4)36-19-20-37-35-18-17-33-29-34(21-23-40(33,5)38(35)22-24-41(36,37)6)46-39(45)44(28-14-26-43)27-13-11-9-8-10-12-25-42/h17,30-32,34-38H,7-16,18-29,42-43H2,1-6H3/t31-,32-,34+,35+,36?,37+,38+,40+,41-/m1/s1. The number of hydrogen-bond acceptors (Lipinski definition) is 4. The van der Waals surface area contributed by atoms with Gasteiger partial charge in [0.25, 0.3) is 0 Å². The minimum atomic E-state index is -0.113. The molecule has 3 fully saturated rings. The third kappa shape index (κ3) is 8.74. The number of nitrogens with two attached hydrogens (primary N) is 2. The normalized spacial score (nSPS) is 33.5. The SMILES string of the molecule is CC[C@H](CC[C@@H](C)C1CC[C@H]2[C@@H]3CC=C4C[C@@H](OC(=O)N(CCCN)CCCCCCCCN)CC[C@]4(C)[C@H]3CC[C@]12C)C(C)C. The number of carbonyl (C=O) groups excluding carboxylic acids is 1. The van der Waals surface area contributed by atoms with Gasteiger partial charge in [-0.05, 0) is 136 Å². The fraction of sp³-hybridized carbons (Fsp3) is 0.927. The van der Waals surface area contributed by atoms with E-state index in [1.165, 1.54) is 77.0 Å². The van der Waals surface area contributed by atoms with Gasteiger partial charge in [-0.15, -0.1) is 0 Å². The molecule has 0 bridgehead atoms. The number of fused-ring (bicyclic) bond motifs is 5. The van der Waals surface area contributed by atoms with Gasteiger partial charge in [0, 0.05) is 19.5 Å². The van der Waals surface area contributed by atoms with Crippen LogP contribution in [0.5, 0.6) is 0 Å². The van der Waals surface area contributed by atoms with Crippen molar-refractivity contribution in [2.45, 2.75) is 163 Å². The van der Waals surface area contributed by atoms with E-state index in [0.29, 0.717) is 18.5 Å². The molecular weight excluding hydrogens is 566 g/mol. The Morgan fingerprint density at radius 2 is 1.59 bits per heavy atom. The molecule has 0 aromatic carbocycles. The van der Waals surface area contributed by atoms with E-state index in [-0.39, 0.29) is 17.6 Å². The van der Waals surface area contributed by atoms with Gasteiger partial charge in [0.05, 0.1) is 0 Å². The molecule has 0 aromatic rings. The molecule has 0 heterocycles. The molecule has 1 unspecified atom stereocenters. The van der Waals surface area contributed by atoms with Crippen LogP contribution in [0.15, 0.2) is 11.6 Å². The Kier molecular flexibility index (Phi) is 14.4. The Hall–Kier alpha value is -1.07. The Labute approximate surface area is 284 Å². The summed E-state index contributed by atoms with van der Waals surface area (Å²) in [5, 5.41) is 0. The fourth-order valence-electron chi connectivity index (χ4n) is 11.3. The summed E-state index contributed by atoms with van der Waals surface area (Å²) in [7, 11) is 0. The molecule has 5 heteroatoms. The zero-order valence-electron chi connectivity index (χ0n) is 31.2. The molecule has 5 nitrogen and oxygen atoms in total. The average Bonchev–Trinajstić information content (AvgIpc) is 3.39. The van der Waals surface area contributed by atoms with Crippen molar-refractivity contribution in [3.8, 4) is 0 Å². The van der Waals surface area contributed by atoms with Crippen molar-refractivity contribution in [1.82, 2.24) is 4.90 Å². The minimum Gasteiger partial charge on any atom is -0.446 e. The average molecular weight is 642 g/mol. The van der Waals surface area contributed by atoms with Gasteiger partial charge in [-0.3, -0.25) is 0 Å². The molecule has 0 spiro atoms. The first-order chi connectivity index (χ1) is 22.1. The predicted molar refractivity (Wildman–Crippen MR) is 194 cm³/mol. The lowest BCUT2D eigenvalue weighted by Gasteiger charge is -2.58. The Morgan fingerprint density at radius 1 is 0.891 bits per heavy atom. The van der Waals surface area contributed by atoms with E-state index in [9.17, 15) is 4.79 Å². The maximum atomic E-state index is 13.4. The van der Waals surface area contributed by atoms with Crippen molar-refractivity contribution >= 4 is 6.09 Å². The number of nitrogens with zero attached hydrogens (tertiary/aromatic N) is 1. The number of unbranched alkanes of at least 4 members (excludes halogenated alkanes) is 5. The third-order valence-electron chi connectivity index (χ3n) is 14.3. The summed E-state index contributed by atoms with van der Waals surface area (Å²) in [6.45, 7) is 18.0. The van der Waals surface area contributed by atoms with Crippen molar-refractivity contribution in [3.63, 3.8) is 0 Å². The fourth-order valence-corrected chi connectivity index (χ4v) is 11.3. The van der Waals surface area contributed by atoms with E-state index in [1.54, 1.807) is 5.57 Å². The van der Waals surface area contributed by atoms with Gasteiger partial charge < -0.3 is 21.1 Å². The molecule has 0 aromatic heterocycles. The number of rotatable bonds is 18. The summed E-state index contributed by atoms with van der Waals surface area (Å²) in [6, 6.07) is 0. The van der Waals surface area contributed by atoms with E-state index < -0.39 is 0 Å². The van der Waals surface area contributed by atoms with E-state index in [1.807, 2.05) is 4.90 Å². The van der Waals surface area contributed by atoms with Gasteiger partial charge in [-0.2, -0.15) is 0 Å². The second kappa shape index (κ2) is 17.5. The van der Waals surface area contributed by atoms with E-state index >= 15 is 0 Å². The minimum absolute atomic E-state index is 0.0170. The summed E-state index contributed by atoms with van der Waals surface area (Å²) in [6.07, 6.45) is 24.6. The predicted octanol–water partition coefficient (Wildman–Crippen LogP) is 10.1. The molecule has 46 heavy (non-hydrogen) atoms. The van der Waals surface area contributed by atoms with Gasteiger partial charge in [0.1, 0.15) is 6.10 Å². The number of ether oxygens (including phenoxy) is 1. The highest BCUT2D eigenvalue weighted by Crippen LogP contribution is 2.67. The third-order valence-corrected chi connectivity index (χ3v) is 14.3. The van der Waals surface area contributed by atoms with Crippen molar-refractivity contribution in [3.05, 3.63) is 11.6 Å². The van der Waals surface area contributed by atoms with Crippen LogP contribution in [0.3, 0.4) is 0 Å². The molecule has 4 N–H and O–H groups in total. The zero-order valence-corrected chi connectivity index (χ0v) is 31.2. The molecule has 4 aliphatic carbocycles. The summed E-state index contributed by atoms with van der Waals surface area (Å²) < 4.78 is 6.27. The van der Waals surface area contributed by atoms with Crippen LogP contribution >= 0.6 is 0 Å². The highest BCUT2D eigenvalue weighted by atomic mass is 16.6. The maximum Gasteiger partial charge on any atom is 0.410 e. The van der Waals surface area contributed by atoms with Crippen LogP contribution in [-0.4, -0.2) is 43.3 Å². The molecule has 3 saturated carbocycles. The van der Waals surface area contributed by atoms with Crippen LogP contribution in [0.2, 0.25) is 0 Å². The van der Waals surface area contributed by atoms with Crippen LogP contribution in [0.1, 0.15) is 157 Å². The van der Waals surface area contributed by atoms with Gasteiger partial charge in [0.2, 0.25) is 0 Å². The monoisotopic (exact) mass is 642 g/mol. The van der Waals surface area contributed by atoms with Crippen molar-refractivity contribution in [1.29, 1.82) is 0 Å². The second-order valence-electron chi connectivity index (χ2n) is 17.2. The topological polar surface area (TPSA) is 81.6 Å². The maximum absolute atomic E-state index is 13.4. The van der Waals surface area contributed by atoms with Crippen LogP contribution in [0.4, 0.5) is 4.79 Å². The molecule has 4 rings (SSSR count). The van der Waals surface area contributed by atoms with Gasteiger partial charge in [-0.25, -0.2) is 4.79 Å². The molecule has 0 aliphatic heterocycles. The molecule has 4 aliphatic rings. The van der Waals surface area contributed by atoms with Crippen molar-refractivity contribution in [2.75, 3.05) is 26.2 Å². The van der Waals surface area contributed by atoms with Crippen molar-refractivity contribution in [2.24, 2.45) is 63.7 Å². The molecule has 266 valence electrons. The first-order valence-electron chi connectivity index (χ1n) is 20.1. The number of carbonyl (C=O) groups is 1. The van der Waals surface area contributed by atoms with E-state index in [0.717, 1.165) is 93.0 Å². The highest BCUT2D eigenvalue weighted by molar-refractivity contribution is 5.67. The van der Waals surface area contributed by atoms with E-state index in [4.69, 9.17) is 16.2 Å². The molecule has 9 atom stereocenters. The summed E-state index contributed by atoms with van der Waals surface area (Å²) in [5.41, 5.74) is 13.9. The molecule has 1 amide bonds. The second-order valence-corrected chi connectivity index (χ2v) is 17.2. The van der Waals surface area contributed by atoms with Crippen molar-refractivity contribution < 1.29 is 9.53 Å². The molecule has 0 saturated heterocycles. The Morgan fingerprint density at radius 3 is 2.28 bits per heavy atom. The molecular formula is C41H75N3O2. The van der Waals surface area contributed by atoms with E-state index in [2.05, 4.69) is 47.6 Å². The smallest absolute Gasteiger partial charge is 0.410 e. The van der Waals surface area contributed by atoms with Gasteiger partial charge >= 0.3 is 6.09 Å². The largest absolute Gasteiger partial charge is 0.446 e. The lowest BCUT2D eigenvalue weighted by atomic mass is 9.47. The summed E-state index contributed by atoms with van der Waals surface area (Å²) >= 11 is 0. The quantitative estimate of drug-likeness (QED) is 0.115.